The normalized spacial score (nSPS) is 18.6. The van der Waals surface area contributed by atoms with E-state index in [4.69, 9.17) is 4.74 Å². The smallest absolute Gasteiger partial charge is 0.326 e. The lowest BCUT2D eigenvalue weighted by atomic mass is 9.99. The first kappa shape index (κ1) is 21.1. The van der Waals surface area contributed by atoms with Crippen molar-refractivity contribution >= 4 is 29.6 Å². The minimum Gasteiger partial charge on any atom is -0.456 e. The predicted octanol–water partition coefficient (Wildman–Crippen LogP) is 0.769. The number of urea groups is 1. The number of rotatable bonds is 8. The van der Waals surface area contributed by atoms with Gasteiger partial charge < -0.3 is 15.4 Å². The highest BCUT2D eigenvalue weighted by Crippen LogP contribution is 2.20. The molecule has 2 rings (SSSR count). The Kier molecular flexibility index (Phi) is 6.50. The van der Waals surface area contributed by atoms with Crippen molar-refractivity contribution in [3.05, 3.63) is 35.4 Å². The van der Waals surface area contributed by atoms with E-state index in [0.717, 1.165) is 10.5 Å². The molecule has 2 N–H and O–H groups in total. The summed E-state index contributed by atoms with van der Waals surface area (Å²) in [5, 5.41) is 5.18. The fourth-order valence-electron chi connectivity index (χ4n) is 2.57. The Labute approximate surface area is 162 Å². The fraction of sp³-hybridized carbons (Fsp3) is 0.421. The van der Waals surface area contributed by atoms with Crippen LogP contribution in [-0.2, 0) is 25.7 Å². The number of hydrogen-bond acceptors (Lipinski definition) is 6. The number of imide groups is 1. The number of esters is 1. The molecule has 0 radical (unpaired) electrons. The zero-order chi connectivity index (χ0) is 20.9. The van der Waals surface area contributed by atoms with Gasteiger partial charge in [0.2, 0.25) is 5.91 Å². The van der Waals surface area contributed by atoms with Crippen LogP contribution in [0, 0.1) is 0 Å². The second-order valence-corrected chi connectivity index (χ2v) is 6.70. The third-order valence-corrected chi connectivity index (χ3v) is 4.52. The van der Waals surface area contributed by atoms with Crippen LogP contribution in [0.15, 0.2) is 24.3 Å². The average Bonchev–Trinajstić information content (AvgIpc) is 2.88. The second-order valence-electron chi connectivity index (χ2n) is 6.70. The fourth-order valence-corrected chi connectivity index (χ4v) is 2.57. The SMILES string of the molecule is CC[C@@]1(C)NC(=O)N(CC(=O)OCC(=O)c2ccc(CNC(C)=O)cc2)C1=O. The Bertz CT molecular complexity index is 804. The molecule has 1 aromatic rings. The lowest BCUT2D eigenvalue weighted by molar-refractivity contribution is -0.146. The van der Waals surface area contributed by atoms with Crippen molar-refractivity contribution in [2.75, 3.05) is 13.2 Å². The minimum atomic E-state index is -1.04. The van der Waals surface area contributed by atoms with Crippen molar-refractivity contribution in [3.63, 3.8) is 0 Å². The quantitative estimate of drug-likeness (QED) is 0.385. The molecule has 1 aliphatic rings. The van der Waals surface area contributed by atoms with Gasteiger partial charge in [0, 0.05) is 19.0 Å². The molecule has 0 unspecified atom stereocenters. The molecule has 1 aromatic carbocycles. The van der Waals surface area contributed by atoms with Crippen molar-refractivity contribution in [3.8, 4) is 0 Å². The summed E-state index contributed by atoms with van der Waals surface area (Å²) in [4.78, 5) is 59.9. The van der Waals surface area contributed by atoms with Crippen LogP contribution in [0.3, 0.4) is 0 Å². The summed E-state index contributed by atoms with van der Waals surface area (Å²) >= 11 is 0. The van der Waals surface area contributed by atoms with Gasteiger partial charge in [-0.05, 0) is 18.9 Å². The highest BCUT2D eigenvalue weighted by molar-refractivity contribution is 6.08. The Hall–Kier alpha value is -3.23. The monoisotopic (exact) mass is 389 g/mol. The molecular formula is C19H23N3O6. The minimum absolute atomic E-state index is 0.156. The standard InChI is InChI=1S/C19H23N3O6/c1-4-19(3)17(26)22(18(27)21-19)10-16(25)28-11-15(24)14-7-5-13(6-8-14)9-20-12(2)23/h5-8H,4,9-11H2,1-3H3,(H,20,23)(H,21,27)/t19-/m1/s1. The summed E-state index contributed by atoms with van der Waals surface area (Å²) in [6, 6.07) is 5.84. The number of nitrogens with zero attached hydrogens (tertiary/aromatic N) is 1. The number of nitrogens with one attached hydrogen (secondary N) is 2. The van der Waals surface area contributed by atoms with E-state index in [1.54, 1.807) is 38.1 Å². The van der Waals surface area contributed by atoms with E-state index < -0.39 is 42.4 Å². The number of benzene rings is 1. The van der Waals surface area contributed by atoms with Crippen LogP contribution in [0.2, 0.25) is 0 Å². The molecule has 1 heterocycles. The maximum absolute atomic E-state index is 12.2. The van der Waals surface area contributed by atoms with Crippen molar-refractivity contribution in [2.24, 2.45) is 0 Å². The number of hydrogen-bond donors (Lipinski definition) is 2. The predicted molar refractivity (Wildman–Crippen MR) is 98.2 cm³/mol. The average molecular weight is 389 g/mol. The summed E-state index contributed by atoms with van der Waals surface area (Å²) < 4.78 is 4.91. The summed E-state index contributed by atoms with van der Waals surface area (Å²) in [5.41, 5.74) is 0.126. The van der Waals surface area contributed by atoms with E-state index in [1.807, 2.05) is 0 Å². The lowest BCUT2D eigenvalue weighted by Crippen LogP contribution is -2.43. The van der Waals surface area contributed by atoms with Crippen LogP contribution in [0.1, 0.15) is 43.1 Å². The van der Waals surface area contributed by atoms with Crippen LogP contribution in [0.4, 0.5) is 4.79 Å². The van der Waals surface area contributed by atoms with E-state index in [9.17, 15) is 24.0 Å². The molecule has 1 aliphatic heterocycles. The number of carbonyl (C=O) groups is 5. The number of ketones is 1. The number of Topliss-reactive ketones (excluding diaryl/α,β-unsaturated/α-hetero) is 1. The van der Waals surface area contributed by atoms with Crippen LogP contribution in [0.25, 0.3) is 0 Å². The molecule has 150 valence electrons. The van der Waals surface area contributed by atoms with E-state index in [-0.39, 0.29) is 5.91 Å². The Morgan fingerprint density at radius 1 is 1.18 bits per heavy atom. The highest BCUT2D eigenvalue weighted by Gasteiger charge is 2.47. The van der Waals surface area contributed by atoms with E-state index in [0.29, 0.717) is 18.5 Å². The third kappa shape index (κ3) is 4.93. The Balaban J connectivity index is 1.85. The summed E-state index contributed by atoms with van der Waals surface area (Å²) in [5.74, 6) is -1.93. The van der Waals surface area contributed by atoms with Gasteiger partial charge in [-0.1, -0.05) is 31.2 Å². The van der Waals surface area contributed by atoms with Crippen molar-refractivity contribution in [1.29, 1.82) is 0 Å². The van der Waals surface area contributed by atoms with Gasteiger partial charge in [-0.25, -0.2) is 4.79 Å². The summed E-state index contributed by atoms with van der Waals surface area (Å²) in [6.45, 7) is 4.04. The van der Waals surface area contributed by atoms with Gasteiger partial charge >= 0.3 is 12.0 Å². The number of carbonyl (C=O) groups excluding carboxylic acids is 5. The Morgan fingerprint density at radius 3 is 2.36 bits per heavy atom. The highest BCUT2D eigenvalue weighted by atomic mass is 16.5. The van der Waals surface area contributed by atoms with Gasteiger partial charge in [0.05, 0.1) is 0 Å². The van der Waals surface area contributed by atoms with Gasteiger partial charge in [0.15, 0.2) is 12.4 Å². The molecule has 4 amide bonds. The van der Waals surface area contributed by atoms with Gasteiger partial charge in [0.1, 0.15) is 12.1 Å². The molecule has 1 saturated heterocycles. The van der Waals surface area contributed by atoms with Crippen molar-refractivity contribution in [1.82, 2.24) is 15.5 Å². The molecule has 0 bridgehead atoms. The third-order valence-electron chi connectivity index (χ3n) is 4.52. The summed E-state index contributed by atoms with van der Waals surface area (Å²) in [7, 11) is 0. The largest absolute Gasteiger partial charge is 0.456 e. The first-order chi connectivity index (χ1) is 13.2. The molecule has 0 saturated carbocycles. The molecular weight excluding hydrogens is 366 g/mol. The van der Waals surface area contributed by atoms with Crippen LogP contribution < -0.4 is 10.6 Å². The molecule has 0 aromatic heterocycles. The number of amides is 4. The van der Waals surface area contributed by atoms with Crippen LogP contribution in [0.5, 0.6) is 0 Å². The van der Waals surface area contributed by atoms with Gasteiger partial charge in [-0.3, -0.25) is 24.1 Å². The van der Waals surface area contributed by atoms with E-state index in [1.165, 1.54) is 6.92 Å². The maximum Gasteiger partial charge on any atom is 0.326 e. The van der Waals surface area contributed by atoms with Crippen LogP contribution in [-0.4, -0.2) is 53.2 Å². The molecule has 1 atom stereocenters. The molecule has 0 aliphatic carbocycles. The molecule has 0 spiro atoms. The van der Waals surface area contributed by atoms with Crippen molar-refractivity contribution < 1.29 is 28.7 Å². The molecule has 28 heavy (non-hydrogen) atoms. The first-order valence-electron chi connectivity index (χ1n) is 8.82. The Morgan fingerprint density at radius 2 is 1.82 bits per heavy atom. The molecule has 9 nitrogen and oxygen atoms in total. The van der Waals surface area contributed by atoms with E-state index in [2.05, 4.69) is 10.6 Å². The van der Waals surface area contributed by atoms with Gasteiger partial charge in [-0.15, -0.1) is 0 Å². The zero-order valence-electron chi connectivity index (χ0n) is 16.0. The molecule has 1 fully saturated rings. The van der Waals surface area contributed by atoms with E-state index >= 15 is 0 Å². The number of ether oxygens (including phenoxy) is 1. The van der Waals surface area contributed by atoms with Crippen LogP contribution >= 0.6 is 0 Å². The van der Waals surface area contributed by atoms with Gasteiger partial charge in [0.25, 0.3) is 5.91 Å². The second kappa shape index (κ2) is 8.64. The van der Waals surface area contributed by atoms with Gasteiger partial charge in [-0.2, -0.15) is 0 Å². The lowest BCUT2D eigenvalue weighted by Gasteiger charge is -2.18. The molecule has 9 heteroatoms. The maximum atomic E-state index is 12.2. The topological polar surface area (TPSA) is 122 Å². The van der Waals surface area contributed by atoms with Crippen molar-refractivity contribution in [2.45, 2.75) is 39.3 Å². The summed E-state index contributed by atoms with van der Waals surface area (Å²) in [6.07, 6.45) is 0.388. The first-order valence-corrected chi connectivity index (χ1v) is 8.82. The zero-order valence-corrected chi connectivity index (χ0v) is 16.0.